The van der Waals surface area contributed by atoms with Crippen molar-refractivity contribution in [2.45, 2.75) is 45.6 Å². The minimum absolute atomic E-state index is 0.454. The zero-order valence-corrected chi connectivity index (χ0v) is 15.5. The lowest BCUT2D eigenvalue weighted by Crippen LogP contribution is -2.44. The van der Waals surface area contributed by atoms with Crippen LogP contribution in [0.1, 0.15) is 37.3 Å². The second kappa shape index (κ2) is 6.94. The topological polar surface area (TPSA) is 67.6 Å². The van der Waals surface area contributed by atoms with E-state index in [1.165, 1.54) is 25.7 Å². The molecule has 138 valence electrons. The van der Waals surface area contributed by atoms with Gasteiger partial charge in [-0.15, -0.1) is 10.2 Å². The zero-order valence-electron chi connectivity index (χ0n) is 15.5. The highest BCUT2D eigenvalue weighted by Crippen LogP contribution is 2.39. The molecule has 3 aliphatic rings. The molecule has 7 heteroatoms. The highest BCUT2D eigenvalue weighted by Gasteiger charge is 2.40. The Morgan fingerprint density at radius 2 is 2.16 bits per heavy atom. The molecule has 0 aliphatic carbocycles. The Labute approximate surface area is 149 Å². The Morgan fingerprint density at radius 1 is 1.32 bits per heavy atom. The van der Waals surface area contributed by atoms with Crippen molar-refractivity contribution in [3.8, 4) is 0 Å². The fraction of sp³-hybridized carbons (Fsp3) is 0.833. The Hall–Kier alpha value is -1.63. The van der Waals surface area contributed by atoms with E-state index in [0.29, 0.717) is 11.3 Å². The molecule has 0 saturated carbocycles. The molecule has 7 nitrogen and oxygen atoms in total. The summed E-state index contributed by atoms with van der Waals surface area (Å²) in [6, 6.07) is 0. The van der Waals surface area contributed by atoms with Crippen molar-refractivity contribution >= 4 is 5.96 Å². The summed E-state index contributed by atoms with van der Waals surface area (Å²) in [5, 5.41) is 12.1. The first kappa shape index (κ1) is 16.8. The number of hydrogen-bond donors (Lipinski definition) is 1. The number of nitrogens with one attached hydrogen (secondary N) is 1. The fourth-order valence-corrected chi connectivity index (χ4v) is 4.59. The fourth-order valence-electron chi connectivity index (χ4n) is 4.59. The first-order chi connectivity index (χ1) is 12.2. The molecule has 1 atom stereocenters. The van der Waals surface area contributed by atoms with Crippen LogP contribution < -0.4 is 5.32 Å². The van der Waals surface area contributed by atoms with Crippen LogP contribution in [-0.4, -0.2) is 65.5 Å². The van der Waals surface area contributed by atoms with Gasteiger partial charge < -0.3 is 19.5 Å². The molecule has 1 spiro atoms. The molecule has 3 aliphatic heterocycles. The number of rotatable bonds is 2. The highest BCUT2D eigenvalue weighted by molar-refractivity contribution is 5.80. The van der Waals surface area contributed by atoms with E-state index in [1.807, 2.05) is 14.0 Å². The number of likely N-dealkylation sites (tertiary alicyclic amines) is 1. The van der Waals surface area contributed by atoms with Crippen molar-refractivity contribution in [3.05, 3.63) is 11.6 Å². The lowest BCUT2D eigenvalue weighted by atomic mass is 9.80. The van der Waals surface area contributed by atoms with Crippen molar-refractivity contribution < 1.29 is 4.74 Å². The first-order valence-electron chi connectivity index (χ1n) is 9.61. The number of ether oxygens (including phenoxy) is 1. The third kappa shape index (κ3) is 3.38. The van der Waals surface area contributed by atoms with Crippen LogP contribution >= 0.6 is 0 Å². The second-order valence-corrected chi connectivity index (χ2v) is 7.89. The smallest absolute Gasteiger partial charge is 0.193 e. The van der Waals surface area contributed by atoms with E-state index < -0.39 is 0 Å². The van der Waals surface area contributed by atoms with Gasteiger partial charge >= 0.3 is 0 Å². The molecule has 0 radical (unpaired) electrons. The number of guanidine groups is 1. The molecule has 4 heterocycles. The molecule has 25 heavy (non-hydrogen) atoms. The van der Waals surface area contributed by atoms with Gasteiger partial charge in [-0.2, -0.15) is 0 Å². The monoisotopic (exact) mass is 346 g/mol. The van der Waals surface area contributed by atoms with Gasteiger partial charge in [0.15, 0.2) is 5.96 Å². The Kier molecular flexibility index (Phi) is 4.67. The predicted octanol–water partition coefficient (Wildman–Crippen LogP) is 1.23. The van der Waals surface area contributed by atoms with Crippen molar-refractivity contribution in [2.75, 3.05) is 39.9 Å². The summed E-state index contributed by atoms with van der Waals surface area (Å²) in [5.74, 6) is 3.84. The van der Waals surface area contributed by atoms with E-state index in [-0.39, 0.29) is 0 Å². The number of aryl methyl sites for hydroxylation is 2. The quantitative estimate of drug-likeness (QED) is 0.644. The largest absolute Gasteiger partial charge is 0.381 e. The van der Waals surface area contributed by atoms with Gasteiger partial charge in [0, 0.05) is 52.9 Å². The van der Waals surface area contributed by atoms with Crippen molar-refractivity contribution in [1.82, 2.24) is 25.0 Å². The van der Waals surface area contributed by atoms with Crippen LogP contribution in [0.4, 0.5) is 0 Å². The first-order valence-corrected chi connectivity index (χ1v) is 9.61. The highest BCUT2D eigenvalue weighted by atomic mass is 16.5. The lowest BCUT2D eigenvalue weighted by Gasteiger charge is -2.34. The van der Waals surface area contributed by atoms with Crippen LogP contribution in [0.25, 0.3) is 0 Å². The number of nitrogens with zero attached hydrogens (tertiary/aromatic N) is 5. The SMILES string of the molecule is CN=C(NCC1CCc2nnc(C)n2C1)N1CCC2(CCOCC2)C1. The number of fused-ring (bicyclic) bond motifs is 1. The maximum absolute atomic E-state index is 5.56. The van der Waals surface area contributed by atoms with Crippen LogP contribution in [0.15, 0.2) is 4.99 Å². The van der Waals surface area contributed by atoms with E-state index in [0.717, 1.165) is 63.4 Å². The van der Waals surface area contributed by atoms with Gasteiger partial charge in [-0.1, -0.05) is 0 Å². The zero-order chi connectivity index (χ0) is 17.3. The molecule has 4 rings (SSSR count). The van der Waals surface area contributed by atoms with Gasteiger partial charge in [0.2, 0.25) is 0 Å². The molecule has 1 N–H and O–H groups in total. The Morgan fingerprint density at radius 3 is 2.96 bits per heavy atom. The standard InChI is InChI=1S/C18H30N6O/c1-14-21-22-16-4-3-15(12-24(14)16)11-20-17(19-2)23-8-5-18(13-23)6-9-25-10-7-18/h15H,3-13H2,1-2H3,(H,19,20). The molecular formula is C18H30N6O. The minimum atomic E-state index is 0.454. The summed E-state index contributed by atoms with van der Waals surface area (Å²) >= 11 is 0. The van der Waals surface area contributed by atoms with Crippen LogP contribution in [0, 0.1) is 18.3 Å². The van der Waals surface area contributed by atoms with E-state index >= 15 is 0 Å². The maximum atomic E-state index is 5.56. The molecule has 0 amide bonds. The van der Waals surface area contributed by atoms with Crippen molar-refractivity contribution in [3.63, 3.8) is 0 Å². The molecule has 2 fully saturated rings. The van der Waals surface area contributed by atoms with E-state index in [4.69, 9.17) is 4.74 Å². The number of aromatic nitrogens is 3. The van der Waals surface area contributed by atoms with Crippen LogP contribution in [0.2, 0.25) is 0 Å². The molecular weight excluding hydrogens is 316 g/mol. The Bertz CT molecular complexity index is 634. The third-order valence-corrected chi connectivity index (χ3v) is 6.28. The minimum Gasteiger partial charge on any atom is -0.381 e. The van der Waals surface area contributed by atoms with Crippen molar-refractivity contribution in [2.24, 2.45) is 16.3 Å². The van der Waals surface area contributed by atoms with Crippen LogP contribution in [0.3, 0.4) is 0 Å². The van der Waals surface area contributed by atoms with Gasteiger partial charge in [-0.05, 0) is 43.9 Å². The Balaban J connectivity index is 1.32. The van der Waals surface area contributed by atoms with Gasteiger partial charge in [0.1, 0.15) is 11.6 Å². The average molecular weight is 346 g/mol. The molecule has 0 aromatic carbocycles. The third-order valence-electron chi connectivity index (χ3n) is 6.28. The summed E-state index contributed by atoms with van der Waals surface area (Å²) in [7, 11) is 1.90. The molecule has 1 unspecified atom stereocenters. The molecule has 0 bridgehead atoms. The summed E-state index contributed by atoms with van der Waals surface area (Å²) in [6.07, 6.45) is 5.85. The number of aliphatic imine (C=N–C) groups is 1. The lowest BCUT2D eigenvalue weighted by molar-refractivity contribution is 0.0217. The normalized spacial score (nSPS) is 26.1. The average Bonchev–Trinajstić information content (AvgIpc) is 3.21. The van der Waals surface area contributed by atoms with Crippen molar-refractivity contribution in [1.29, 1.82) is 0 Å². The summed E-state index contributed by atoms with van der Waals surface area (Å²) in [5.41, 5.74) is 0.454. The molecule has 2 saturated heterocycles. The van der Waals surface area contributed by atoms with E-state index in [2.05, 4.69) is 30.0 Å². The van der Waals surface area contributed by atoms with Crippen LogP contribution in [0.5, 0.6) is 0 Å². The summed E-state index contributed by atoms with van der Waals surface area (Å²) in [4.78, 5) is 7.00. The number of hydrogen-bond acceptors (Lipinski definition) is 4. The molecule has 1 aromatic heterocycles. The van der Waals surface area contributed by atoms with Crippen LogP contribution in [-0.2, 0) is 17.7 Å². The van der Waals surface area contributed by atoms with E-state index in [1.54, 1.807) is 0 Å². The summed E-state index contributed by atoms with van der Waals surface area (Å²) in [6.45, 7) is 8.10. The van der Waals surface area contributed by atoms with Gasteiger partial charge in [0.25, 0.3) is 0 Å². The summed E-state index contributed by atoms with van der Waals surface area (Å²) < 4.78 is 7.83. The van der Waals surface area contributed by atoms with Gasteiger partial charge in [0.05, 0.1) is 0 Å². The van der Waals surface area contributed by atoms with E-state index in [9.17, 15) is 0 Å². The van der Waals surface area contributed by atoms with Gasteiger partial charge in [-0.25, -0.2) is 0 Å². The molecule has 1 aromatic rings. The predicted molar refractivity (Wildman–Crippen MR) is 96.6 cm³/mol. The second-order valence-electron chi connectivity index (χ2n) is 7.89. The maximum Gasteiger partial charge on any atom is 0.193 e. The van der Waals surface area contributed by atoms with Gasteiger partial charge in [-0.3, -0.25) is 4.99 Å².